The Hall–Kier alpha value is -0.570. The van der Waals surface area contributed by atoms with Crippen molar-refractivity contribution in [2.75, 3.05) is 26.7 Å². The van der Waals surface area contributed by atoms with Gasteiger partial charge in [0.25, 0.3) is 0 Å². The van der Waals surface area contributed by atoms with E-state index in [1.165, 1.54) is 44.9 Å². The number of carbonyl (C=O) groups excluding carboxylic acids is 1. The van der Waals surface area contributed by atoms with Crippen LogP contribution in [0.4, 0.5) is 0 Å². The van der Waals surface area contributed by atoms with Crippen LogP contribution in [0.2, 0.25) is 0 Å². The van der Waals surface area contributed by atoms with E-state index in [-0.39, 0.29) is 5.92 Å². The molecular weight excluding hydrogens is 224 g/mol. The summed E-state index contributed by atoms with van der Waals surface area (Å²) in [7, 11) is 1.91. The molecule has 1 N–H and O–H groups in total. The van der Waals surface area contributed by atoms with Gasteiger partial charge in [0.1, 0.15) is 0 Å². The highest BCUT2D eigenvalue weighted by Gasteiger charge is 2.37. The van der Waals surface area contributed by atoms with Gasteiger partial charge in [-0.25, -0.2) is 0 Å². The summed E-state index contributed by atoms with van der Waals surface area (Å²) >= 11 is 0. The number of hydrogen-bond donors (Lipinski definition) is 1. The number of nitrogens with one attached hydrogen (secondary N) is 1. The quantitative estimate of drug-likeness (QED) is 0.836. The predicted molar refractivity (Wildman–Crippen MR) is 74.4 cm³/mol. The van der Waals surface area contributed by atoms with E-state index in [0.717, 1.165) is 19.6 Å². The fraction of sp³-hybridized carbons (Fsp3) is 0.933. The van der Waals surface area contributed by atoms with E-state index in [4.69, 9.17) is 0 Å². The van der Waals surface area contributed by atoms with Crippen LogP contribution in [0.3, 0.4) is 0 Å². The summed E-state index contributed by atoms with van der Waals surface area (Å²) in [5.41, 5.74) is 0.598. The van der Waals surface area contributed by atoms with Crippen LogP contribution in [-0.4, -0.2) is 37.5 Å². The second-order valence-electron chi connectivity index (χ2n) is 6.34. The Morgan fingerprint density at radius 3 is 2.33 bits per heavy atom. The van der Waals surface area contributed by atoms with E-state index in [2.05, 4.69) is 10.2 Å². The Kier molecular flexibility index (Phi) is 4.66. The SMILES string of the molecule is CNCC(C)C(=O)N1CCC2(CCCCC2)CC1. The number of likely N-dealkylation sites (tertiary alicyclic amines) is 1. The van der Waals surface area contributed by atoms with Gasteiger partial charge in [0, 0.05) is 25.6 Å². The van der Waals surface area contributed by atoms with Crippen LogP contribution in [0.1, 0.15) is 51.9 Å². The van der Waals surface area contributed by atoms with Gasteiger partial charge >= 0.3 is 0 Å². The number of hydrogen-bond acceptors (Lipinski definition) is 2. The smallest absolute Gasteiger partial charge is 0.226 e. The summed E-state index contributed by atoms with van der Waals surface area (Å²) < 4.78 is 0. The van der Waals surface area contributed by atoms with E-state index in [1.54, 1.807) is 0 Å². The number of nitrogens with zero attached hydrogens (tertiary/aromatic N) is 1. The first-order valence-corrected chi connectivity index (χ1v) is 7.60. The molecule has 1 saturated heterocycles. The van der Waals surface area contributed by atoms with Gasteiger partial charge in [-0.2, -0.15) is 0 Å². The fourth-order valence-corrected chi connectivity index (χ4v) is 3.71. The van der Waals surface area contributed by atoms with Crippen LogP contribution in [0, 0.1) is 11.3 Å². The van der Waals surface area contributed by atoms with Crippen LogP contribution in [0.5, 0.6) is 0 Å². The van der Waals surface area contributed by atoms with E-state index in [9.17, 15) is 4.79 Å². The molecule has 1 heterocycles. The Labute approximate surface area is 111 Å². The Bertz CT molecular complexity index is 274. The first-order valence-electron chi connectivity index (χ1n) is 7.60. The van der Waals surface area contributed by atoms with Crippen molar-refractivity contribution in [3.8, 4) is 0 Å². The summed E-state index contributed by atoms with van der Waals surface area (Å²) in [6.07, 6.45) is 9.52. The minimum Gasteiger partial charge on any atom is -0.342 e. The van der Waals surface area contributed by atoms with Crippen molar-refractivity contribution in [1.29, 1.82) is 0 Å². The molecule has 1 spiro atoms. The summed E-state index contributed by atoms with van der Waals surface area (Å²) in [5.74, 6) is 0.463. The van der Waals surface area contributed by atoms with Crippen molar-refractivity contribution in [3.05, 3.63) is 0 Å². The molecule has 0 aromatic carbocycles. The van der Waals surface area contributed by atoms with Crippen LogP contribution in [-0.2, 0) is 4.79 Å². The average Bonchev–Trinajstić information content (AvgIpc) is 2.40. The summed E-state index contributed by atoms with van der Waals surface area (Å²) in [5, 5.41) is 3.10. The molecule has 1 aliphatic heterocycles. The summed E-state index contributed by atoms with van der Waals surface area (Å²) in [6.45, 7) is 4.81. The minimum atomic E-state index is 0.121. The lowest BCUT2D eigenvalue weighted by atomic mass is 9.68. The number of amides is 1. The molecule has 2 fully saturated rings. The molecule has 1 aliphatic carbocycles. The van der Waals surface area contributed by atoms with Gasteiger partial charge in [0.2, 0.25) is 5.91 Å². The molecule has 104 valence electrons. The Balaban J connectivity index is 1.84. The van der Waals surface area contributed by atoms with Crippen LogP contribution >= 0.6 is 0 Å². The predicted octanol–water partition coefficient (Wildman–Crippen LogP) is 2.41. The highest BCUT2D eigenvalue weighted by atomic mass is 16.2. The first kappa shape index (κ1) is 13.9. The van der Waals surface area contributed by atoms with Crippen molar-refractivity contribution < 1.29 is 4.79 Å². The maximum Gasteiger partial charge on any atom is 0.226 e. The average molecular weight is 252 g/mol. The van der Waals surface area contributed by atoms with Gasteiger partial charge in [-0.15, -0.1) is 0 Å². The molecule has 18 heavy (non-hydrogen) atoms. The molecule has 1 amide bonds. The second-order valence-corrected chi connectivity index (χ2v) is 6.34. The zero-order valence-electron chi connectivity index (χ0n) is 12.0. The normalized spacial score (nSPS) is 25.1. The molecular formula is C15H28N2O. The maximum atomic E-state index is 12.2. The minimum absolute atomic E-state index is 0.121. The van der Waals surface area contributed by atoms with Gasteiger partial charge in [0.15, 0.2) is 0 Å². The van der Waals surface area contributed by atoms with Crippen molar-refractivity contribution in [2.45, 2.75) is 51.9 Å². The molecule has 0 radical (unpaired) electrons. The molecule has 0 aromatic heterocycles. The lowest BCUT2D eigenvalue weighted by Gasteiger charge is -2.44. The van der Waals surface area contributed by atoms with Crippen LogP contribution in [0.25, 0.3) is 0 Å². The zero-order chi connectivity index (χ0) is 13.0. The summed E-state index contributed by atoms with van der Waals surface area (Å²) in [6, 6.07) is 0. The lowest BCUT2D eigenvalue weighted by Crippen LogP contribution is -2.46. The third-order valence-electron chi connectivity index (χ3n) is 4.98. The van der Waals surface area contributed by atoms with E-state index < -0.39 is 0 Å². The van der Waals surface area contributed by atoms with Crippen molar-refractivity contribution in [2.24, 2.45) is 11.3 Å². The Morgan fingerprint density at radius 1 is 1.17 bits per heavy atom. The van der Waals surface area contributed by atoms with Gasteiger partial charge in [0.05, 0.1) is 0 Å². The topological polar surface area (TPSA) is 32.3 Å². The second kappa shape index (κ2) is 6.05. The van der Waals surface area contributed by atoms with Gasteiger partial charge < -0.3 is 10.2 Å². The maximum absolute atomic E-state index is 12.2. The molecule has 3 nitrogen and oxygen atoms in total. The molecule has 1 unspecified atom stereocenters. The van der Waals surface area contributed by atoms with Gasteiger partial charge in [-0.3, -0.25) is 4.79 Å². The lowest BCUT2D eigenvalue weighted by molar-refractivity contribution is -0.137. The van der Waals surface area contributed by atoms with Crippen LogP contribution < -0.4 is 5.32 Å². The monoisotopic (exact) mass is 252 g/mol. The molecule has 1 saturated carbocycles. The first-order chi connectivity index (χ1) is 8.67. The number of carbonyl (C=O) groups is 1. The Morgan fingerprint density at radius 2 is 1.78 bits per heavy atom. The van der Waals surface area contributed by atoms with Crippen molar-refractivity contribution >= 4 is 5.91 Å². The van der Waals surface area contributed by atoms with Gasteiger partial charge in [-0.05, 0) is 38.1 Å². The standard InChI is InChI=1S/C15H28N2O/c1-13(12-16-2)14(18)17-10-8-15(9-11-17)6-4-3-5-7-15/h13,16H,3-12H2,1-2H3. The molecule has 0 bridgehead atoms. The van der Waals surface area contributed by atoms with Crippen LogP contribution in [0.15, 0.2) is 0 Å². The molecule has 2 rings (SSSR count). The van der Waals surface area contributed by atoms with E-state index in [0.29, 0.717) is 11.3 Å². The van der Waals surface area contributed by atoms with E-state index >= 15 is 0 Å². The molecule has 0 aromatic rings. The fourth-order valence-electron chi connectivity index (χ4n) is 3.71. The van der Waals surface area contributed by atoms with E-state index in [1.807, 2.05) is 14.0 Å². The molecule has 1 atom stereocenters. The van der Waals surface area contributed by atoms with Gasteiger partial charge in [-0.1, -0.05) is 26.2 Å². The number of rotatable bonds is 3. The van der Waals surface area contributed by atoms with Crippen molar-refractivity contribution in [3.63, 3.8) is 0 Å². The molecule has 2 aliphatic rings. The zero-order valence-corrected chi connectivity index (χ0v) is 12.0. The summed E-state index contributed by atoms with van der Waals surface area (Å²) in [4.78, 5) is 14.3. The van der Waals surface area contributed by atoms with Crippen molar-refractivity contribution in [1.82, 2.24) is 10.2 Å². The third kappa shape index (κ3) is 3.05. The molecule has 3 heteroatoms. The highest BCUT2D eigenvalue weighted by Crippen LogP contribution is 2.44. The largest absolute Gasteiger partial charge is 0.342 e. The third-order valence-corrected chi connectivity index (χ3v) is 4.98. The highest BCUT2D eigenvalue weighted by molar-refractivity contribution is 5.78. The number of piperidine rings is 1.